The third-order valence-electron chi connectivity index (χ3n) is 5.67. The Morgan fingerprint density at radius 1 is 0.903 bits per heavy atom. The molecule has 2 aliphatic heterocycles. The van der Waals surface area contributed by atoms with Crippen LogP contribution >= 0.6 is 0 Å². The Morgan fingerprint density at radius 2 is 1.48 bits per heavy atom. The lowest BCUT2D eigenvalue weighted by Crippen LogP contribution is -2.42. The molecule has 0 aliphatic carbocycles. The van der Waals surface area contributed by atoms with E-state index in [1.54, 1.807) is 18.7 Å². The number of esters is 2. The summed E-state index contributed by atoms with van der Waals surface area (Å²) in [6.45, 7) is 4.49. The molecule has 3 rings (SSSR count). The molecule has 2 heterocycles. The normalized spacial score (nSPS) is 19.6. The summed E-state index contributed by atoms with van der Waals surface area (Å²) in [5.74, 6) is -1.58. The Morgan fingerprint density at radius 3 is 2.03 bits per heavy atom. The van der Waals surface area contributed by atoms with Gasteiger partial charge in [0.05, 0.1) is 31.3 Å². The van der Waals surface area contributed by atoms with Crippen LogP contribution in [0.25, 0.3) is 0 Å². The highest BCUT2D eigenvalue weighted by Crippen LogP contribution is 2.39. The van der Waals surface area contributed by atoms with Gasteiger partial charge in [-0.1, -0.05) is 30.3 Å². The average Bonchev–Trinajstić information content (AvgIpc) is 2.78. The molecule has 0 aromatic heterocycles. The zero-order valence-electron chi connectivity index (χ0n) is 18.3. The number of piperidine rings is 1. The quantitative estimate of drug-likeness (QED) is 0.582. The topological polar surface area (TPSA) is 94.2 Å². The van der Waals surface area contributed by atoms with Crippen LogP contribution in [0.1, 0.15) is 38.2 Å². The molecule has 1 saturated heterocycles. The Kier molecular flexibility index (Phi) is 6.99. The van der Waals surface area contributed by atoms with Crippen LogP contribution in [0.3, 0.4) is 0 Å². The molecule has 0 saturated carbocycles. The molecule has 1 fully saturated rings. The van der Waals surface area contributed by atoms with Gasteiger partial charge in [0, 0.05) is 37.3 Å². The van der Waals surface area contributed by atoms with E-state index in [9.17, 15) is 14.4 Å². The Balaban J connectivity index is 1.86. The highest BCUT2D eigenvalue weighted by Gasteiger charge is 2.38. The molecule has 8 nitrogen and oxygen atoms in total. The van der Waals surface area contributed by atoms with E-state index in [0.29, 0.717) is 48.5 Å². The summed E-state index contributed by atoms with van der Waals surface area (Å²) in [6, 6.07) is 9.36. The number of hydrogen-bond acceptors (Lipinski definition) is 7. The van der Waals surface area contributed by atoms with Gasteiger partial charge in [-0.25, -0.2) is 14.4 Å². The second kappa shape index (κ2) is 9.68. The number of dihydropyridines is 1. The first-order valence-corrected chi connectivity index (χ1v) is 10.2. The van der Waals surface area contributed by atoms with Crippen LogP contribution in [0, 0.1) is 0 Å². The van der Waals surface area contributed by atoms with Crippen molar-refractivity contribution in [3.8, 4) is 0 Å². The Labute approximate surface area is 181 Å². The van der Waals surface area contributed by atoms with E-state index in [4.69, 9.17) is 14.2 Å². The fraction of sp³-hybridized carbons (Fsp3) is 0.435. The van der Waals surface area contributed by atoms with Crippen molar-refractivity contribution < 1.29 is 28.6 Å². The number of amides is 1. The van der Waals surface area contributed by atoms with Gasteiger partial charge in [-0.05, 0) is 19.4 Å². The minimum absolute atomic E-state index is 0.321. The molecule has 0 radical (unpaired) electrons. The van der Waals surface area contributed by atoms with Crippen molar-refractivity contribution in [2.45, 2.75) is 38.7 Å². The Hall–Kier alpha value is -3.29. The molecule has 1 unspecified atom stereocenters. The number of nitrogens with zero attached hydrogens (tertiary/aromatic N) is 1. The van der Waals surface area contributed by atoms with Crippen LogP contribution in [0.5, 0.6) is 0 Å². The van der Waals surface area contributed by atoms with Crippen LogP contribution in [0.15, 0.2) is 52.9 Å². The van der Waals surface area contributed by atoms with Crippen LogP contribution in [-0.2, 0) is 23.8 Å². The number of carbonyl (C=O) groups excluding carboxylic acids is 3. The van der Waals surface area contributed by atoms with Gasteiger partial charge in [0.15, 0.2) is 0 Å². The molecular weight excluding hydrogens is 400 g/mol. The molecule has 1 atom stereocenters. The number of rotatable bonds is 4. The highest BCUT2D eigenvalue weighted by molar-refractivity contribution is 5.99. The summed E-state index contributed by atoms with van der Waals surface area (Å²) in [5.41, 5.74) is 2.84. The summed E-state index contributed by atoms with van der Waals surface area (Å²) in [5, 5.41) is 3.13. The first-order chi connectivity index (χ1) is 14.9. The number of benzene rings is 1. The summed E-state index contributed by atoms with van der Waals surface area (Å²) in [6.07, 6.45) is 0.343. The molecule has 1 N–H and O–H groups in total. The number of methoxy groups -OCH3 is 2. The van der Waals surface area contributed by atoms with E-state index >= 15 is 0 Å². The minimum atomic E-state index is -0.599. The van der Waals surface area contributed by atoms with E-state index in [2.05, 4.69) is 5.32 Å². The van der Waals surface area contributed by atoms with Gasteiger partial charge in [-0.2, -0.15) is 0 Å². The molecule has 31 heavy (non-hydrogen) atoms. The van der Waals surface area contributed by atoms with Gasteiger partial charge in [0.2, 0.25) is 0 Å². The van der Waals surface area contributed by atoms with Crippen LogP contribution < -0.4 is 5.32 Å². The van der Waals surface area contributed by atoms with Crippen LogP contribution in [0.4, 0.5) is 4.79 Å². The largest absolute Gasteiger partial charge is 0.466 e. The third kappa shape index (κ3) is 4.73. The van der Waals surface area contributed by atoms with Gasteiger partial charge < -0.3 is 24.4 Å². The van der Waals surface area contributed by atoms with Crippen LogP contribution in [0.2, 0.25) is 0 Å². The van der Waals surface area contributed by atoms with E-state index in [1.165, 1.54) is 14.2 Å². The van der Waals surface area contributed by atoms with Crippen molar-refractivity contribution >= 4 is 18.0 Å². The maximum Gasteiger partial charge on any atom is 0.409 e. The predicted octanol–water partition coefficient (Wildman–Crippen LogP) is 2.87. The van der Waals surface area contributed by atoms with Gasteiger partial charge in [-0.15, -0.1) is 0 Å². The first-order valence-electron chi connectivity index (χ1n) is 10.2. The fourth-order valence-electron chi connectivity index (χ4n) is 4.12. The molecule has 8 heteroatoms. The lowest BCUT2D eigenvalue weighted by molar-refractivity contribution is -0.146. The van der Waals surface area contributed by atoms with Crippen molar-refractivity contribution in [3.05, 3.63) is 58.4 Å². The number of ether oxygens (including phenoxy) is 3. The zero-order valence-corrected chi connectivity index (χ0v) is 18.3. The van der Waals surface area contributed by atoms with E-state index in [0.717, 1.165) is 5.56 Å². The molecule has 1 aromatic carbocycles. The Bertz CT molecular complexity index is 913. The summed E-state index contributed by atoms with van der Waals surface area (Å²) < 4.78 is 15.6. The fourth-order valence-corrected chi connectivity index (χ4v) is 4.12. The molecule has 166 valence electrons. The number of likely N-dealkylation sites (tertiary alicyclic amines) is 1. The number of hydrogen-bond donors (Lipinski definition) is 1. The average molecular weight is 428 g/mol. The summed E-state index contributed by atoms with van der Waals surface area (Å²) in [4.78, 5) is 39.2. The second-order valence-electron chi connectivity index (χ2n) is 7.60. The SMILES string of the molecule is COC(=O)C1=C(C)NC(C)=C(C(=O)OC2CCN(C(=O)OC)CC2)C1c1ccccc1. The second-order valence-corrected chi connectivity index (χ2v) is 7.60. The van der Waals surface area contributed by atoms with Crippen molar-refractivity contribution in [2.24, 2.45) is 0 Å². The van der Waals surface area contributed by atoms with Crippen molar-refractivity contribution in [1.29, 1.82) is 0 Å². The monoisotopic (exact) mass is 428 g/mol. The smallest absolute Gasteiger partial charge is 0.409 e. The summed E-state index contributed by atoms with van der Waals surface area (Å²) >= 11 is 0. The maximum absolute atomic E-state index is 13.3. The van der Waals surface area contributed by atoms with Gasteiger partial charge in [-0.3, -0.25) is 0 Å². The van der Waals surface area contributed by atoms with E-state index < -0.39 is 17.9 Å². The first kappa shape index (κ1) is 22.4. The minimum Gasteiger partial charge on any atom is -0.466 e. The lowest BCUT2D eigenvalue weighted by Gasteiger charge is -2.33. The van der Waals surface area contributed by atoms with Gasteiger partial charge >= 0.3 is 18.0 Å². The molecular formula is C23H28N2O6. The molecule has 1 amide bonds. The molecule has 2 aliphatic rings. The van der Waals surface area contributed by atoms with Crippen molar-refractivity contribution in [1.82, 2.24) is 10.2 Å². The third-order valence-corrected chi connectivity index (χ3v) is 5.67. The van der Waals surface area contributed by atoms with Crippen LogP contribution in [-0.4, -0.2) is 56.3 Å². The highest BCUT2D eigenvalue weighted by atomic mass is 16.6. The zero-order chi connectivity index (χ0) is 22.5. The molecule has 0 spiro atoms. The summed E-state index contributed by atoms with van der Waals surface area (Å²) in [7, 11) is 2.67. The van der Waals surface area contributed by atoms with E-state index in [-0.39, 0.29) is 12.2 Å². The van der Waals surface area contributed by atoms with E-state index in [1.807, 2.05) is 30.3 Å². The van der Waals surface area contributed by atoms with Gasteiger partial charge in [0.25, 0.3) is 0 Å². The molecule has 1 aromatic rings. The number of allylic oxidation sites excluding steroid dienone is 2. The van der Waals surface area contributed by atoms with Crippen molar-refractivity contribution in [2.75, 3.05) is 27.3 Å². The molecule has 0 bridgehead atoms. The number of carbonyl (C=O) groups is 3. The maximum atomic E-state index is 13.3. The lowest BCUT2D eigenvalue weighted by atomic mass is 9.80. The number of nitrogens with one attached hydrogen (secondary N) is 1. The van der Waals surface area contributed by atoms with Crippen molar-refractivity contribution in [3.63, 3.8) is 0 Å². The standard InChI is InChI=1S/C23H28N2O6/c1-14-18(21(26)29-3)20(16-8-6-5-7-9-16)19(15(2)24-14)22(27)31-17-10-12-25(13-11-17)23(28)30-4/h5-9,17,20,24H,10-13H2,1-4H3. The van der Waals surface area contributed by atoms with Gasteiger partial charge in [0.1, 0.15) is 6.10 Å². The predicted molar refractivity (Wildman–Crippen MR) is 113 cm³/mol.